The summed E-state index contributed by atoms with van der Waals surface area (Å²) in [4.78, 5) is 1.05. The van der Waals surface area contributed by atoms with E-state index in [4.69, 9.17) is 40.5 Å². The van der Waals surface area contributed by atoms with Crippen molar-refractivity contribution in [3.8, 4) is 0 Å². The van der Waals surface area contributed by atoms with E-state index in [1.165, 1.54) is 0 Å². The first kappa shape index (κ1) is 13.9. The molecule has 0 atom stereocenters. The summed E-state index contributed by atoms with van der Waals surface area (Å²) in [6.07, 6.45) is 0. The van der Waals surface area contributed by atoms with E-state index in [1.54, 1.807) is 30.0 Å². The number of halogens is 3. The number of hydrogen-bond acceptors (Lipinski definition) is 2. The first-order valence-corrected chi connectivity index (χ1v) is 7.30. The van der Waals surface area contributed by atoms with Crippen LogP contribution in [0.1, 0.15) is 5.56 Å². The number of hydrogen-bond donors (Lipinski definition) is 1. The quantitative estimate of drug-likeness (QED) is 0.595. The van der Waals surface area contributed by atoms with Gasteiger partial charge in [0.25, 0.3) is 0 Å². The van der Waals surface area contributed by atoms with E-state index < -0.39 is 0 Å². The number of benzene rings is 2. The van der Waals surface area contributed by atoms with Crippen LogP contribution in [0.3, 0.4) is 0 Å². The Balaban J connectivity index is 2.11. The van der Waals surface area contributed by atoms with Crippen molar-refractivity contribution in [3.63, 3.8) is 0 Å². The number of rotatable bonds is 3. The minimum absolute atomic E-state index is 0.567. The largest absolute Gasteiger partial charge is 0.398 e. The van der Waals surface area contributed by atoms with Crippen LogP contribution >= 0.6 is 46.6 Å². The molecule has 0 radical (unpaired) electrons. The number of nitrogens with two attached hydrogens (primary N) is 1. The molecule has 94 valence electrons. The molecule has 0 aromatic heterocycles. The van der Waals surface area contributed by atoms with Gasteiger partial charge < -0.3 is 5.73 Å². The Morgan fingerprint density at radius 1 is 0.944 bits per heavy atom. The molecule has 0 aliphatic heterocycles. The van der Waals surface area contributed by atoms with Crippen LogP contribution in [0.2, 0.25) is 15.1 Å². The lowest BCUT2D eigenvalue weighted by molar-refractivity contribution is 1.38. The second kappa shape index (κ2) is 6.07. The molecular weight excluding hydrogens is 309 g/mol. The lowest BCUT2D eigenvalue weighted by atomic mass is 10.2. The molecule has 2 aromatic rings. The van der Waals surface area contributed by atoms with Gasteiger partial charge in [0.05, 0.1) is 10.7 Å². The Hall–Kier alpha value is -0.540. The van der Waals surface area contributed by atoms with E-state index >= 15 is 0 Å². The molecule has 0 bridgehead atoms. The summed E-state index contributed by atoms with van der Waals surface area (Å²) >= 11 is 19.6. The van der Waals surface area contributed by atoms with Crippen molar-refractivity contribution in [3.05, 3.63) is 57.0 Å². The van der Waals surface area contributed by atoms with Crippen molar-refractivity contribution in [1.82, 2.24) is 0 Å². The van der Waals surface area contributed by atoms with E-state index in [0.717, 1.165) is 16.2 Å². The summed E-state index contributed by atoms with van der Waals surface area (Å²) in [7, 11) is 0. The van der Waals surface area contributed by atoms with E-state index in [2.05, 4.69) is 0 Å². The lowest BCUT2D eigenvalue weighted by Gasteiger charge is -2.06. The van der Waals surface area contributed by atoms with Crippen LogP contribution in [0.25, 0.3) is 0 Å². The van der Waals surface area contributed by atoms with E-state index in [-0.39, 0.29) is 0 Å². The van der Waals surface area contributed by atoms with Gasteiger partial charge in [0.15, 0.2) is 0 Å². The van der Waals surface area contributed by atoms with Crippen LogP contribution in [0.4, 0.5) is 5.69 Å². The van der Waals surface area contributed by atoms with Gasteiger partial charge in [-0.05, 0) is 42.0 Å². The predicted octanol–water partition coefficient (Wildman–Crippen LogP) is 5.52. The monoisotopic (exact) mass is 317 g/mol. The standard InChI is InChI=1S/C13H10Cl3NS/c14-9-1-3-11(15)8(5-9)7-18-10-2-4-13(17)12(16)6-10/h1-6H,7,17H2. The van der Waals surface area contributed by atoms with Crippen LogP contribution in [0.15, 0.2) is 41.3 Å². The molecule has 0 saturated heterocycles. The molecule has 0 fully saturated rings. The maximum absolute atomic E-state index is 6.10. The highest BCUT2D eigenvalue weighted by molar-refractivity contribution is 7.98. The number of nitrogen functional groups attached to an aromatic ring is 1. The summed E-state index contributed by atoms with van der Waals surface area (Å²) in [5, 5.41) is 1.97. The highest BCUT2D eigenvalue weighted by Crippen LogP contribution is 2.31. The molecule has 18 heavy (non-hydrogen) atoms. The zero-order valence-electron chi connectivity index (χ0n) is 9.29. The fraction of sp³-hybridized carbons (Fsp3) is 0.0769. The smallest absolute Gasteiger partial charge is 0.0646 e. The molecule has 0 spiro atoms. The average Bonchev–Trinajstić information content (AvgIpc) is 2.34. The second-order valence-corrected chi connectivity index (χ2v) is 6.01. The minimum Gasteiger partial charge on any atom is -0.398 e. The SMILES string of the molecule is Nc1ccc(SCc2cc(Cl)ccc2Cl)cc1Cl. The number of anilines is 1. The van der Waals surface area contributed by atoms with Gasteiger partial charge in [-0.25, -0.2) is 0 Å². The molecule has 0 aliphatic carbocycles. The summed E-state index contributed by atoms with van der Waals surface area (Å²) in [5.74, 6) is 0.736. The molecular formula is C13H10Cl3NS. The molecule has 2 aromatic carbocycles. The van der Waals surface area contributed by atoms with Crippen LogP contribution in [-0.4, -0.2) is 0 Å². The van der Waals surface area contributed by atoms with Gasteiger partial charge in [-0.1, -0.05) is 34.8 Å². The highest BCUT2D eigenvalue weighted by Gasteiger charge is 2.04. The van der Waals surface area contributed by atoms with Crippen molar-refractivity contribution in [2.45, 2.75) is 10.6 Å². The van der Waals surface area contributed by atoms with Crippen LogP contribution < -0.4 is 5.73 Å². The third-order valence-electron chi connectivity index (χ3n) is 2.37. The minimum atomic E-state index is 0.567. The highest BCUT2D eigenvalue weighted by atomic mass is 35.5. The maximum Gasteiger partial charge on any atom is 0.0646 e. The van der Waals surface area contributed by atoms with Gasteiger partial charge in [-0.15, -0.1) is 11.8 Å². The fourth-order valence-electron chi connectivity index (χ4n) is 1.41. The molecule has 0 aliphatic rings. The Labute approximate surface area is 125 Å². The molecule has 5 heteroatoms. The average molecular weight is 319 g/mol. The summed E-state index contributed by atoms with van der Waals surface area (Å²) in [6.45, 7) is 0. The fourth-order valence-corrected chi connectivity index (χ4v) is 3.04. The van der Waals surface area contributed by atoms with Crippen molar-refractivity contribution in [1.29, 1.82) is 0 Å². The Bertz CT molecular complexity index is 572. The van der Waals surface area contributed by atoms with Crippen LogP contribution in [-0.2, 0) is 5.75 Å². The van der Waals surface area contributed by atoms with Gasteiger partial charge in [-0.3, -0.25) is 0 Å². The molecule has 2 rings (SSSR count). The topological polar surface area (TPSA) is 26.0 Å². The van der Waals surface area contributed by atoms with E-state index in [1.807, 2.05) is 18.2 Å². The van der Waals surface area contributed by atoms with Crippen molar-refractivity contribution < 1.29 is 0 Å². The van der Waals surface area contributed by atoms with Gasteiger partial charge >= 0.3 is 0 Å². The summed E-state index contributed by atoms with van der Waals surface area (Å²) in [6, 6.07) is 11.0. The second-order valence-electron chi connectivity index (χ2n) is 3.71. The third kappa shape index (κ3) is 3.48. The van der Waals surface area contributed by atoms with Crippen LogP contribution in [0.5, 0.6) is 0 Å². The first-order valence-electron chi connectivity index (χ1n) is 5.18. The molecule has 1 nitrogen and oxygen atoms in total. The van der Waals surface area contributed by atoms with Crippen molar-refractivity contribution >= 4 is 52.3 Å². The Morgan fingerprint density at radius 3 is 2.44 bits per heavy atom. The Kier molecular flexibility index (Phi) is 4.68. The lowest BCUT2D eigenvalue weighted by Crippen LogP contribution is -1.87. The zero-order chi connectivity index (χ0) is 13.1. The van der Waals surface area contributed by atoms with Gasteiger partial charge in [0, 0.05) is 20.7 Å². The van der Waals surface area contributed by atoms with Crippen molar-refractivity contribution in [2.24, 2.45) is 0 Å². The molecule has 0 heterocycles. The number of thioether (sulfide) groups is 1. The van der Waals surface area contributed by atoms with Gasteiger partial charge in [-0.2, -0.15) is 0 Å². The molecule has 0 amide bonds. The molecule has 0 unspecified atom stereocenters. The maximum atomic E-state index is 6.10. The van der Waals surface area contributed by atoms with Crippen molar-refractivity contribution in [2.75, 3.05) is 5.73 Å². The van der Waals surface area contributed by atoms with Gasteiger partial charge in [0.1, 0.15) is 0 Å². The summed E-state index contributed by atoms with van der Waals surface area (Å²) < 4.78 is 0. The third-order valence-corrected chi connectivity index (χ3v) is 4.35. The van der Waals surface area contributed by atoms with Gasteiger partial charge in [0.2, 0.25) is 0 Å². The first-order chi connectivity index (χ1) is 8.56. The predicted molar refractivity (Wildman–Crippen MR) is 81.9 cm³/mol. The summed E-state index contributed by atoms with van der Waals surface area (Å²) in [5.41, 5.74) is 7.25. The Morgan fingerprint density at radius 2 is 1.72 bits per heavy atom. The molecule has 0 saturated carbocycles. The van der Waals surface area contributed by atoms with Crippen LogP contribution in [0, 0.1) is 0 Å². The molecule has 2 N–H and O–H groups in total. The normalized spacial score (nSPS) is 10.6. The van der Waals surface area contributed by atoms with E-state index in [0.29, 0.717) is 20.8 Å². The zero-order valence-corrected chi connectivity index (χ0v) is 12.4. The van der Waals surface area contributed by atoms with E-state index in [9.17, 15) is 0 Å².